The summed E-state index contributed by atoms with van der Waals surface area (Å²) in [6, 6.07) is 5.41. The lowest BCUT2D eigenvalue weighted by atomic mass is 9.99. The first-order chi connectivity index (χ1) is 9.11. The van der Waals surface area contributed by atoms with Crippen LogP contribution in [0.1, 0.15) is 35.7 Å². The average Bonchev–Trinajstić information content (AvgIpc) is 2.86. The first-order valence-electron chi connectivity index (χ1n) is 6.87. The zero-order valence-electron chi connectivity index (χ0n) is 11.6. The molecule has 2 rings (SSSR count). The van der Waals surface area contributed by atoms with E-state index in [1.54, 1.807) is 6.07 Å². The van der Waals surface area contributed by atoms with E-state index in [4.69, 9.17) is 10.5 Å². The molecule has 3 N–H and O–H groups in total. The van der Waals surface area contributed by atoms with Gasteiger partial charge in [-0.1, -0.05) is 13.0 Å². The Labute approximate surface area is 114 Å². The molecule has 0 aromatic heterocycles. The van der Waals surface area contributed by atoms with E-state index in [9.17, 15) is 4.79 Å². The first kappa shape index (κ1) is 13.9. The normalized spacial score (nSPS) is 22.4. The standard InChI is InChI=1S/C15H22N2O2/c1-3-14-12(6-7-19-14)9-17-15(18)11-5-4-10(2)13(16)8-11/h4-5,8,12,14H,3,6-7,9,16H2,1-2H3,(H,17,18). The molecule has 2 atom stereocenters. The summed E-state index contributed by atoms with van der Waals surface area (Å²) in [6.45, 7) is 5.52. The van der Waals surface area contributed by atoms with Crippen LogP contribution in [0.3, 0.4) is 0 Å². The van der Waals surface area contributed by atoms with E-state index in [1.807, 2.05) is 19.1 Å². The third-order valence-electron chi connectivity index (χ3n) is 3.81. The average molecular weight is 262 g/mol. The number of aryl methyl sites for hydroxylation is 1. The lowest BCUT2D eigenvalue weighted by molar-refractivity contribution is 0.0827. The minimum Gasteiger partial charge on any atom is -0.398 e. The number of rotatable bonds is 4. The van der Waals surface area contributed by atoms with E-state index in [0.717, 1.165) is 25.0 Å². The molecular formula is C15H22N2O2. The smallest absolute Gasteiger partial charge is 0.251 e. The third kappa shape index (κ3) is 3.26. The van der Waals surface area contributed by atoms with Crippen molar-refractivity contribution < 1.29 is 9.53 Å². The lowest BCUT2D eigenvalue weighted by Crippen LogP contribution is -2.32. The van der Waals surface area contributed by atoms with Crippen molar-refractivity contribution >= 4 is 11.6 Å². The zero-order valence-corrected chi connectivity index (χ0v) is 11.6. The maximum Gasteiger partial charge on any atom is 0.251 e. The largest absolute Gasteiger partial charge is 0.398 e. The Morgan fingerprint density at radius 2 is 2.32 bits per heavy atom. The fourth-order valence-corrected chi connectivity index (χ4v) is 2.49. The van der Waals surface area contributed by atoms with Crippen LogP contribution in [0.4, 0.5) is 5.69 Å². The predicted octanol–water partition coefficient (Wildman–Crippen LogP) is 2.12. The van der Waals surface area contributed by atoms with Crippen molar-refractivity contribution in [2.24, 2.45) is 5.92 Å². The van der Waals surface area contributed by atoms with Crippen LogP contribution in [0.5, 0.6) is 0 Å². The van der Waals surface area contributed by atoms with Crippen molar-refractivity contribution in [1.82, 2.24) is 5.32 Å². The van der Waals surface area contributed by atoms with Gasteiger partial charge in [-0.25, -0.2) is 0 Å². The number of hydrogen-bond acceptors (Lipinski definition) is 3. The van der Waals surface area contributed by atoms with Crippen LogP contribution in [-0.2, 0) is 4.74 Å². The molecule has 1 saturated heterocycles. The Kier molecular flexibility index (Phi) is 4.43. The van der Waals surface area contributed by atoms with E-state index in [0.29, 0.717) is 23.7 Å². The number of hydrogen-bond donors (Lipinski definition) is 2. The minimum atomic E-state index is -0.0616. The van der Waals surface area contributed by atoms with Crippen LogP contribution in [0.25, 0.3) is 0 Å². The third-order valence-corrected chi connectivity index (χ3v) is 3.81. The predicted molar refractivity (Wildman–Crippen MR) is 76.1 cm³/mol. The molecule has 0 bridgehead atoms. The van der Waals surface area contributed by atoms with E-state index >= 15 is 0 Å². The Balaban J connectivity index is 1.92. The number of carbonyl (C=O) groups excluding carboxylic acids is 1. The fourth-order valence-electron chi connectivity index (χ4n) is 2.49. The zero-order chi connectivity index (χ0) is 13.8. The molecule has 0 aliphatic carbocycles. The second-order valence-corrected chi connectivity index (χ2v) is 5.15. The summed E-state index contributed by atoms with van der Waals surface area (Å²) in [5, 5.41) is 2.98. The van der Waals surface area contributed by atoms with Gasteiger partial charge in [0.15, 0.2) is 0 Å². The van der Waals surface area contributed by atoms with E-state index in [2.05, 4.69) is 12.2 Å². The van der Waals surface area contributed by atoms with Crippen molar-refractivity contribution in [3.63, 3.8) is 0 Å². The quantitative estimate of drug-likeness (QED) is 0.817. The lowest BCUT2D eigenvalue weighted by Gasteiger charge is -2.17. The van der Waals surface area contributed by atoms with Gasteiger partial charge >= 0.3 is 0 Å². The van der Waals surface area contributed by atoms with Crippen LogP contribution in [0, 0.1) is 12.8 Å². The van der Waals surface area contributed by atoms with Crippen molar-refractivity contribution in [2.45, 2.75) is 32.8 Å². The molecule has 4 nitrogen and oxygen atoms in total. The molecular weight excluding hydrogens is 240 g/mol. The van der Waals surface area contributed by atoms with Gasteiger partial charge in [0.05, 0.1) is 6.10 Å². The molecule has 0 saturated carbocycles. The van der Waals surface area contributed by atoms with E-state index in [-0.39, 0.29) is 12.0 Å². The van der Waals surface area contributed by atoms with Gasteiger partial charge in [0.1, 0.15) is 0 Å². The molecule has 0 radical (unpaired) electrons. The number of ether oxygens (including phenoxy) is 1. The van der Waals surface area contributed by atoms with Gasteiger partial charge < -0.3 is 15.8 Å². The molecule has 104 valence electrons. The van der Waals surface area contributed by atoms with Crippen LogP contribution >= 0.6 is 0 Å². The molecule has 1 heterocycles. The van der Waals surface area contributed by atoms with Gasteiger partial charge in [0, 0.05) is 30.3 Å². The molecule has 1 aromatic carbocycles. The number of anilines is 1. The topological polar surface area (TPSA) is 64.3 Å². The fraction of sp³-hybridized carbons (Fsp3) is 0.533. The summed E-state index contributed by atoms with van der Waals surface area (Å²) < 4.78 is 5.62. The van der Waals surface area contributed by atoms with Crippen molar-refractivity contribution in [3.8, 4) is 0 Å². The molecule has 0 spiro atoms. The summed E-state index contributed by atoms with van der Waals surface area (Å²) in [5.74, 6) is 0.366. The monoisotopic (exact) mass is 262 g/mol. The number of amides is 1. The number of nitrogen functional groups attached to an aromatic ring is 1. The van der Waals surface area contributed by atoms with Gasteiger partial charge in [-0.3, -0.25) is 4.79 Å². The van der Waals surface area contributed by atoms with Crippen LogP contribution in [0.2, 0.25) is 0 Å². The summed E-state index contributed by atoms with van der Waals surface area (Å²) in [5.41, 5.74) is 8.09. The summed E-state index contributed by atoms with van der Waals surface area (Å²) in [7, 11) is 0. The van der Waals surface area contributed by atoms with Crippen molar-refractivity contribution in [2.75, 3.05) is 18.9 Å². The summed E-state index contributed by atoms with van der Waals surface area (Å²) >= 11 is 0. The second kappa shape index (κ2) is 6.06. The maximum absolute atomic E-state index is 12.1. The molecule has 1 aliphatic heterocycles. The van der Waals surface area contributed by atoms with Crippen LogP contribution in [0.15, 0.2) is 18.2 Å². The Morgan fingerprint density at radius 1 is 1.53 bits per heavy atom. The maximum atomic E-state index is 12.1. The number of nitrogens with two attached hydrogens (primary N) is 1. The molecule has 19 heavy (non-hydrogen) atoms. The Bertz CT molecular complexity index is 459. The summed E-state index contributed by atoms with van der Waals surface area (Å²) in [6.07, 6.45) is 2.30. The highest BCUT2D eigenvalue weighted by atomic mass is 16.5. The van der Waals surface area contributed by atoms with Gasteiger partial charge in [0.25, 0.3) is 5.91 Å². The number of nitrogens with one attached hydrogen (secondary N) is 1. The van der Waals surface area contributed by atoms with E-state index < -0.39 is 0 Å². The van der Waals surface area contributed by atoms with E-state index in [1.165, 1.54) is 0 Å². The Hall–Kier alpha value is -1.55. The van der Waals surface area contributed by atoms with Gasteiger partial charge in [0.2, 0.25) is 0 Å². The molecule has 2 unspecified atom stereocenters. The SMILES string of the molecule is CCC1OCCC1CNC(=O)c1ccc(C)c(N)c1. The first-order valence-corrected chi connectivity index (χ1v) is 6.87. The van der Waals surface area contributed by atoms with Crippen molar-refractivity contribution in [3.05, 3.63) is 29.3 Å². The van der Waals surface area contributed by atoms with Gasteiger partial charge in [-0.15, -0.1) is 0 Å². The van der Waals surface area contributed by atoms with Gasteiger partial charge in [-0.05, 0) is 37.5 Å². The number of carbonyl (C=O) groups is 1. The molecule has 1 aliphatic rings. The summed E-state index contributed by atoms with van der Waals surface area (Å²) in [4.78, 5) is 12.1. The molecule has 1 aromatic rings. The highest BCUT2D eigenvalue weighted by Crippen LogP contribution is 2.22. The van der Waals surface area contributed by atoms with Gasteiger partial charge in [-0.2, -0.15) is 0 Å². The highest BCUT2D eigenvalue weighted by molar-refractivity contribution is 5.95. The second-order valence-electron chi connectivity index (χ2n) is 5.15. The Morgan fingerprint density at radius 3 is 3.00 bits per heavy atom. The molecule has 1 fully saturated rings. The van der Waals surface area contributed by atoms with Crippen LogP contribution < -0.4 is 11.1 Å². The highest BCUT2D eigenvalue weighted by Gasteiger charge is 2.26. The number of benzene rings is 1. The molecule has 1 amide bonds. The van der Waals surface area contributed by atoms with Crippen LogP contribution in [-0.4, -0.2) is 25.2 Å². The minimum absolute atomic E-state index is 0.0616. The molecule has 4 heteroatoms. The van der Waals surface area contributed by atoms with Crippen molar-refractivity contribution in [1.29, 1.82) is 0 Å².